The van der Waals surface area contributed by atoms with E-state index in [4.69, 9.17) is 0 Å². The second-order valence-corrected chi connectivity index (χ2v) is 4.26. The van der Waals surface area contributed by atoms with Crippen LogP contribution in [0.25, 0.3) is 0 Å². The normalized spacial score (nSPS) is 9.30. The average Bonchev–Trinajstić information content (AvgIpc) is 1.88. The van der Waals surface area contributed by atoms with E-state index >= 15 is 0 Å². The van der Waals surface area contributed by atoms with Crippen molar-refractivity contribution >= 4 is 57.3 Å². The maximum atomic E-state index is 3.48. The largest absolute Gasteiger partial charge is 0.450 e. The topological polar surface area (TPSA) is 0 Å². The number of halogens is 2. The van der Waals surface area contributed by atoms with E-state index in [-0.39, 0.29) is 0 Å². The molecule has 54 valence electrons. The summed E-state index contributed by atoms with van der Waals surface area (Å²) in [6, 6.07) is 0. The first-order valence-corrected chi connectivity index (χ1v) is 5.66. The Morgan fingerprint density at radius 1 is 1.30 bits per heavy atom. The van der Waals surface area contributed by atoms with E-state index in [0.717, 1.165) is 18.4 Å². The van der Waals surface area contributed by atoms with Crippen LogP contribution in [0.5, 0.6) is 0 Å². The SMILES string of the molecule is CB(C)B([B-]Br)B(C)CBr. The zero-order valence-corrected chi connectivity index (χ0v) is 9.94. The lowest BCUT2D eigenvalue weighted by molar-refractivity contribution is 2.03. The molecule has 0 atom stereocenters. The Labute approximate surface area is 82.8 Å². The number of hydrogen-bond donors (Lipinski definition) is 0. The Hall–Kier alpha value is 1.22. The molecule has 0 aromatic carbocycles. The van der Waals surface area contributed by atoms with Crippen LogP contribution >= 0.6 is 31.7 Å². The summed E-state index contributed by atoms with van der Waals surface area (Å²) in [4.78, 5) is 0. The minimum Gasteiger partial charge on any atom is -0.450 e. The molecule has 0 saturated carbocycles. The lowest BCUT2D eigenvalue weighted by Gasteiger charge is -2.28. The third-order valence-corrected chi connectivity index (χ3v) is 3.45. The smallest absolute Gasteiger partial charge is 0.0678 e. The lowest BCUT2D eigenvalue weighted by atomic mass is 8.83. The van der Waals surface area contributed by atoms with Gasteiger partial charge in [0.15, 0.2) is 0 Å². The van der Waals surface area contributed by atoms with Crippen molar-refractivity contribution in [2.24, 2.45) is 0 Å². The zero-order valence-electron chi connectivity index (χ0n) is 6.77. The highest BCUT2D eigenvalue weighted by atomic mass is 79.9. The Morgan fingerprint density at radius 3 is 1.90 bits per heavy atom. The molecule has 0 rings (SSSR count). The monoisotopic (exact) mass is 261 g/mol. The van der Waals surface area contributed by atoms with Gasteiger partial charge >= 0.3 is 0 Å². The van der Waals surface area contributed by atoms with Crippen LogP contribution in [0.2, 0.25) is 20.5 Å². The predicted molar refractivity (Wildman–Crippen MR) is 63.3 cm³/mol. The van der Waals surface area contributed by atoms with Gasteiger partial charge in [-0.05, 0) is 5.23 Å². The Morgan fingerprint density at radius 2 is 1.80 bits per heavy atom. The summed E-state index contributed by atoms with van der Waals surface area (Å²) in [7, 11) is 0. The molecule has 0 bridgehead atoms. The van der Waals surface area contributed by atoms with Crippen LogP contribution in [0.4, 0.5) is 0 Å². The molecule has 0 amide bonds. The van der Waals surface area contributed by atoms with Crippen LogP contribution in [0, 0.1) is 0 Å². The molecule has 0 nitrogen and oxygen atoms in total. The van der Waals surface area contributed by atoms with Gasteiger partial charge in [-0.1, -0.05) is 20.5 Å². The summed E-state index contributed by atoms with van der Waals surface area (Å²) in [6.07, 6.45) is 0.680. The molecular formula is C4H11B4Br2-. The molecule has 0 aliphatic rings. The standard InChI is InChI=1S/C4H11B4Br2/c1-6(2)8(5-10)7(3)4-9/h4H2,1-3H3/q-1. The molecule has 6 heteroatoms. The fourth-order valence-corrected chi connectivity index (χ4v) is 2.59. The van der Waals surface area contributed by atoms with Gasteiger partial charge in [0.05, 0.1) is 13.2 Å². The quantitative estimate of drug-likeness (QED) is 0.536. The summed E-state index contributed by atoms with van der Waals surface area (Å²) < 4.78 is 0. The van der Waals surface area contributed by atoms with Crippen LogP contribution in [-0.4, -0.2) is 30.8 Å². The fourth-order valence-electron chi connectivity index (χ4n) is 1.03. The minimum atomic E-state index is 0.680. The summed E-state index contributed by atoms with van der Waals surface area (Å²) >= 11 is 6.90. The average molecular weight is 262 g/mol. The number of hydrogen-bond acceptors (Lipinski definition) is 0. The maximum Gasteiger partial charge on any atom is 0.0678 e. The van der Waals surface area contributed by atoms with Crippen molar-refractivity contribution in [2.45, 2.75) is 20.5 Å². The Kier molecular flexibility index (Phi) is 6.53. The van der Waals surface area contributed by atoms with Gasteiger partial charge in [0.1, 0.15) is 0 Å². The maximum absolute atomic E-state index is 3.48. The van der Waals surface area contributed by atoms with Gasteiger partial charge in [-0.25, -0.2) is 0 Å². The molecule has 0 N–H and O–H groups in total. The van der Waals surface area contributed by atoms with Gasteiger partial charge in [-0.2, -0.15) is 0 Å². The highest BCUT2D eigenvalue weighted by molar-refractivity contribution is 9.25. The molecule has 0 unspecified atom stereocenters. The van der Waals surface area contributed by atoms with Crippen molar-refractivity contribution < 1.29 is 0 Å². The second kappa shape index (κ2) is 5.82. The van der Waals surface area contributed by atoms with Crippen LogP contribution in [0.3, 0.4) is 0 Å². The van der Waals surface area contributed by atoms with E-state index in [1.807, 2.05) is 0 Å². The van der Waals surface area contributed by atoms with Gasteiger partial charge < -0.3 is 15.8 Å². The second-order valence-electron chi connectivity index (χ2n) is 3.08. The van der Waals surface area contributed by atoms with Crippen molar-refractivity contribution in [3.63, 3.8) is 0 Å². The molecule has 0 aromatic heterocycles. The summed E-state index contributed by atoms with van der Waals surface area (Å²) in [6.45, 7) is 8.21. The van der Waals surface area contributed by atoms with Gasteiger partial charge in [0, 0.05) is 0 Å². The van der Waals surface area contributed by atoms with E-state index in [1.165, 1.54) is 0 Å². The van der Waals surface area contributed by atoms with Crippen molar-refractivity contribution in [1.29, 1.82) is 0 Å². The summed E-state index contributed by atoms with van der Waals surface area (Å²) in [5.74, 6) is 2.13. The molecular weight excluding hydrogens is 251 g/mol. The summed E-state index contributed by atoms with van der Waals surface area (Å²) in [5.41, 5.74) is 0. The molecule has 0 aliphatic heterocycles. The Balaban J connectivity index is 3.80. The predicted octanol–water partition coefficient (Wildman–Crippen LogP) is 1.96. The van der Waals surface area contributed by atoms with Crippen LogP contribution < -0.4 is 0 Å². The molecule has 0 fully saturated rings. The van der Waals surface area contributed by atoms with Gasteiger partial charge in [0.25, 0.3) is 0 Å². The lowest BCUT2D eigenvalue weighted by Crippen LogP contribution is -2.48. The van der Waals surface area contributed by atoms with Crippen molar-refractivity contribution in [1.82, 2.24) is 0 Å². The molecule has 0 saturated heterocycles. The summed E-state index contributed by atoms with van der Waals surface area (Å²) in [5, 5.41) is 1.08. The molecule has 0 spiro atoms. The van der Waals surface area contributed by atoms with Crippen molar-refractivity contribution in [2.75, 3.05) is 5.23 Å². The van der Waals surface area contributed by atoms with Gasteiger partial charge in [-0.3, -0.25) is 5.99 Å². The van der Waals surface area contributed by atoms with E-state index < -0.39 is 0 Å². The first kappa shape index (κ1) is 11.2. The highest BCUT2D eigenvalue weighted by Gasteiger charge is 2.15. The molecule has 0 aliphatic carbocycles. The fraction of sp³-hybridized carbons (Fsp3) is 1.00. The molecule has 0 heterocycles. The Bertz CT molecular complexity index is 89.3. The van der Waals surface area contributed by atoms with Gasteiger partial charge in [-0.15, -0.1) is 22.3 Å². The first-order chi connectivity index (χ1) is 4.63. The van der Waals surface area contributed by atoms with Gasteiger partial charge in [0.2, 0.25) is 0 Å². The van der Waals surface area contributed by atoms with Crippen LogP contribution in [0.15, 0.2) is 0 Å². The van der Waals surface area contributed by atoms with E-state index in [9.17, 15) is 0 Å². The van der Waals surface area contributed by atoms with Crippen LogP contribution in [-0.2, 0) is 0 Å². The third-order valence-electron chi connectivity index (χ3n) is 1.82. The molecule has 10 heavy (non-hydrogen) atoms. The number of alkyl halides is 1. The molecule has 2 radical (unpaired) electrons. The van der Waals surface area contributed by atoms with E-state index in [2.05, 4.69) is 58.2 Å². The zero-order chi connectivity index (χ0) is 8.15. The van der Waals surface area contributed by atoms with Crippen molar-refractivity contribution in [3.8, 4) is 0 Å². The highest BCUT2D eigenvalue weighted by Crippen LogP contribution is 2.01. The first-order valence-electron chi connectivity index (χ1n) is 3.63. The number of rotatable bonds is 4. The third kappa shape index (κ3) is 3.56. The van der Waals surface area contributed by atoms with Crippen LogP contribution in [0.1, 0.15) is 0 Å². The van der Waals surface area contributed by atoms with Crippen molar-refractivity contribution in [3.05, 3.63) is 0 Å². The van der Waals surface area contributed by atoms with E-state index in [1.54, 1.807) is 0 Å². The minimum absolute atomic E-state index is 0.680. The van der Waals surface area contributed by atoms with E-state index in [0.29, 0.717) is 6.39 Å². The molecule has 0 aromatic rings.